The van der Waals surface area contributed by atoms with Gasteiger partial charge in [-0.1, -0.05) is 13.8 Å². The molecule has 0 aliphatic rings. The van der Waals surface area contributed by atoms with Crippen LogP contribution in [0.5, 0.6) is 0 Å². The number of hydrogen-bond acceptors (Lipinski definition) is 6. The lowest BCUT2D eigenvalue weighted by Crippen LogP contribution is -2.08. The molecule has 0 aliphatic heterocycles. The number of anilines is 2. The first kappa shape index (κ1) is 17.6. The zero-order valence-corrected chi connectivity index (χ0v) is 15.5. The van der Waals surface area contributed by atoms with Gasteiger partial charge in [0, 0.05) is 13.3 Å². The molecule has 0 atom stereocenters. The highest BCUT2D eigenvalue weighted by Crippen LogP contribution is 2.30. The van der Waals surface area contributed by atoms with Crippen molar-refractivity contribution in [2.75, 3.05) is 19.0 Å². The molecule has 3 aromatic heterocycles. The van der Waals surface area contributed by atoms with Crippen molar-refractivity contribution in [1.29, 1.82) is 0 Å². The van der Waals surface area contributed by atoms with E-state index in [1.165, 1.54) is 0 Å². The van der Waals surface area contributed by atoms with Crippen LogP contribution in [0.4, 0.5) is 11.6 Å². The van der Waals surface area contributed by atoms with Crippen LogP contribution in [0.1, 0.15) is 31.0 Å². The van der Waals surface area contributed by atoms with Gasteiger partial charge < -0.3 is 10.1 Å². The number of pyridine rings is 1. The van der Waals surface area contributed by atoms with E-state index in [0.29, 0.717) is 24.8 Å². The van der Waals surface area contributed by atoms with Gasteiger partial charge in [-0.05, 0) is 42.1 Å². The minimum absolute atomic E-state index is 0.177. The second-order valence-electron chi connectivity index (χ2n) is 6.14. The summed E-state index contributed by atoms with van der Waals surface area (Å²) in [5.41, 5.74) is 3.54. The van der Waals surface area contributed by atoms with E-state index >= 15 is 0 Å². The maximum Gasteiger partial charge on any atom is 0.225 e. The van der Waals surface area contributed by atoms with E-state index < -0.39 is 0 Å². The van der Waals surface area contributed by atoms with Crippen molar-refractivity contribution in [2.24, 2.45) is 0 Å². The third-order valence-corrected chi connectivity index (χ3v) is 3.97. The molecule has 25 heavy (non-hydrogen) atoms. The first-order valence-corrected chi connectivity index (χ1v) is 8.50. The Morgan fingerprint density at radius 2 is 2.12 bits per heavy atom. The number of rotatable bonds is 6. The van der Waals surface area contributed by atoms with Gasteiger partial charge in [0.1, 0.15) is 16.9 Å². The second-order valence-corrected chi connectivity index (χ2v) is 6.48. The van der Waals surface area contributed by atoms with E-state index in [4.69, 9.17) is 21.4 Å². The van der Waals surface area contributed by atoms with E-state index in [1.54, 1.807) is 13.3 Å². The van der Waals surface area contributed by atoms with Crippen molar-refractivity contribution in [3.05, 3.63) is 34.9 Å². The van der Waals surface area contributed by atoms with E-state index in [1.807, 2.05) is 23.7 Å². The zero-order chi connectivity index (χ0) is 18.0. The normalized spacial score (nSPS) is 11.4. The Hall–Kier alpha value is -2.25. The molecular weight excluding hydrogens is 340 g/mol. The maximum absolute atomic E-state index is 6.17. The molecule has 0 aromatic carbocycles. The van der Waals surface area contributed by atoms with Gasteiger partial charge in [0.15, 0.2) is 5.82 Å². The lowest BCUT2D eigenvalue weighted by atomic mass is 10.1. The molecule has 3 aromatic rings. The molecule has 7 nitrogen and oxygen atoms in total. The lowest BCUT2D eigenvalue weighted by Gasteiger charge is -2.09. The minimum atomic E-state index is 0.177. The maximum atomic E-state index is 6.17. The molecule has 8 heteroatoms. The molecule has 0 amide bonds. The van der Waals surface area contributed by atoms with Gasteiger partial charge in [-0.3, -0.25) is 4.68 Å². The topological polar surface area (TPSA) is 77.8 Å². The molecule has 0 aliphatic carbocycles. The summed E-state index contributed by atoms with van der Waals surface area (Å²) in [6, 6.07) is 3.88. The lowest BCUT2D eigenvalue weighted by molar-refractivity contribution is 0.184. The minimum Gasteiger partial charge on any atom is -0.383 e. The smallest absolute Gasteiger partial charge is 0.225 e. The van der Waals surface area contributed by atoms with Crippen LogP contribution in [0.25, 0.3) is 11.0 Å². The summed E-state index contributed by atoms with van der Waals surface area (Å²) in [5, 5.41) is 8.13. The zero-order valence-electron chi connectivity index (χ0n) is 14.7. The Bertz CT molecular complexity index is 892. The number of fused-ring (bicyclic) bond motifs is 1. The number of aromatic nitrogens is 5. The van der Waals surface area contributed by atoms with Crippen molar-refractivity contribution in [1.82, 2.24) is 24.7 Å². The number of methoxy groups -OCH3 is 1. The fourth-order valence-electron chi connectivity index (χ4n) is 2.62. The third-order valence-electron chi connectivity index (χ3n) is 3.80. The summed E-state index contributed by atoms with van der Waals surface area (Å²) in [4.78, 5) is 13.1. The SMILES string of the molecule is COCCn1nc(C(C)C)c2nc(Cl)nc(Nc3cc(C)ccn3)c21. The Kier molecular flexibility index (Phi) is 5.15. The van der Waals surface area contributed by atoms with Crippen LogP contribution < -0.4 is 5.32 Å². The number of aryl methyl sites for hydroxylation is 1. The molecule has 0 saturated carbocycles. The highest BCUT2D eigenvalue weighted by molar-refractivity contribution is 6.28. The van der Waals surface area contributed by atoms with E-state index in [0.717, 1.165) is 22.3 Å². The fourth-order valence-corrected chi connectivity index (χ4v) is 2.79. The molecule has 0 unspecified atom stereocenters. The predicted molar refractivity (Wildman–Crippen MR) is 98.6 cm³/mol. The number of halogens is 1. The first-order valence-electron chi connectivity index (χ1n) is 8.12. The average molecular weight is 361 g/mol. The molecule has 0 spiro atoms. The van der Waals surface area contributed by atoms with Crippen molar-refractivity contribution in [3.63, 3.8) is 0 Å². The van der Waals surface area contributed by atoms with Crippen molar-refractivity contribution >= 4 is 34.3 Å². The quantitative estimate of drug-likeness (QED) is 0.675. The van der Waals surface area contributed by atoms with Crippen molar-refractivity contribution in [2.45, 2.75) is 33.2 Å². The molecule has 3 heterocycles. The van der Waals surface area contributed by atoms with Crippen LogP contribution in [0.2, 0.25) is 5.28 Å². The standard InChI is InChI=1S/C17H21ClN6O/c1-10(2)13-14-15(24(23-13)7-8-25-4)16(22-17(18)21-14)20-12-9-11(3)5-6-19-12/h5-6,9-10H,7-8H2,1-4H3,(H,19,20,21,22). The molecule has 0 radical (unpaired) electrons. The predicted octanol–water partition coefficient (Wildman–Crippen LogP) is 3.70. The van der Waals surface area contributed by atoms with Gasteiger partial charge in [-0.2, -0.15) is 10.1 Å². The summed E-state index contributed by atoms with van der Waals surface area (Å²) < 4.78 is 7.07. The Morgan fingerprint density at radius 1 is 1.32 bits per heavy atom. The monoisotopic (exact) mass is 360 g/mol. The van der Waals surface area contributed by atoms with Crippen LogP contribution in [0.3, 0.4) is 0 Å². The summed E-state index contributed by atoms with van der Waals surface area (Å²) in [7, 11) is 1.66. The molecule has 0 fully saturated rings. The highest BCUT2D eigenvalue weighted by atomic mass is 35.5. The summed E-state index contributed by atoms with van der Waals surface area (Å²) in [6.45, 7) is 7.30. The first-order chi connectivity index (χ1) is 12.0. The Labute approximate surface area is 151 Å². The molecule has 1 N–H and O–H groups in total. The Balaban J connectivity index is 2.15. The molecule has 3 rings (SSSR count). The van der Waals surface area contributed by atoms with Gasteiger partial charge in [0.05, 0.1) is 18.8 Å². The van der Waals surface area contributed by atoms with Gasteiger partial charge in [-0.15, -0.1) is 0 Å². The number of hydrogen-bond donors (Lipinski definition) is 1. The largest absolute Gasteiger partial charge is 0.383 e. The highest BCUT2D eigenvalue weighted by Gasteiger charge is 2.20. The third kappa shape index (κ3) is 3.72. The summed E-state index contributed by atoms with van der Waals surface area (Å²) in [6.07, 6.45) is 1.75. The van der Waals surface area contributed by atoms with Crippen molar-refractivity contribution < 1.29 is 4.74 Å². The summed E-state index contributed by atoms with van der Waals surface area (Å²) >= 11 is 6.17. The molecule has 132 valence electrons. The van der Waals surface area contributed by atoms with Gasteiger partial charge >= 0.3 is 0 Å². The molecular formula is C17H21ClN6O. The van der Waals surface area contributed by atoms with Crippen LogP contribution in [0.15, 0.2) is 18.3 Å². The van der Waals surface area contributed by atoms with E-state index in [-0.39, 0.29) is 11.2 Å². The Morgan fingerprint density at radius 3 is 2.80 bits per heavy atom. The van der Waals surface area contributed by atoms with E-state index in [2.05, 4.69) is 34.1 Å². The van der Waals surface area contributed by atoms with Crippen LogP contribution in [-0.2, 0) is 11.3 Å². The fraction of sp³-hybridized carbons (Fsp3) is 0.412. The van der Waals surface area contributed by atoms with Gasteiger partial charge in [-0.25, -0.2) is 9.97 Å². The van der Waals surface area contributed by atoms with E-state index in [9.17, 15) is 0 Å². The number of nitrogens with zero attached hydrogens (tertiary/aromatic N) is 5. The van der Waals surface area contributed by atoms with Crippen LogP contribution in [0, 0.1) is 6.92 Å². The van der Waals surface area contributed by atoms with Crippen LogP contribution in [-0.4, -0.2) is 38.4 Å². The van der Waals surface area contributed by atoms with Gasteiger partial charge in [0.25, 0.3) is 0 Å². The second kappa shape index (κ2) is 7.33. The summed E-state index contributed by atoms with van der Waals surface area (Å²) in [5.74, 6) is 1.49. The van der Waals surface area contributed by atoms with Crippen molar-refractivity contribution in [3.8, 4) is 0 Å². The number of nitrogens with one attached hydrogen (secondary N) is 1. The number of ether oxygens (including phenoxy) is 1. The average Bonchev–Trinajstić information content (AvgIpc) is 2.91. The molecule has 0 bridgehead atoms. The molecule has 0 saturated heterocycles. The van der Waals surface area contributed by atoms with Gasteiger partial charge in [0.2, 0.25) is 5.28 Å². The van der Waals surface area contributed by atoms with Crippen LogP contribution >= 0.6 is 11.6 Å².